The number of nitrogens with zero attached hydrogens (tertiary/aromatic N) is 1. The number of furan rings is 1. The molecule has 13 heavy (non-hydrogen) atoms. The Kier molecular flexibility index (Phi) is 1.78. The van der Waals surface area contributed by atoms with E-state index in [-0.39, 0.29) is 5.56 Å². The topological polar surface area (TPSA) is 58.9 Å². The van der Waals surface area contributed by atoms with E-state index in [2.05, 4.69) is 16.3 Å². The van der Waals surface area contributed by atoms with E-state index in [9.17, 15) is 4.79 Å². The minimum atomic E-state index is -0.564. The van der Waals surface area contributed by atoms with Crippen LogP contribution in [0.15, 0.2) is 21.6 Å². The lowest BCUT2D eigenvalue weighted by atomic mass is 10.4. The van der Waals surface area contributed by atoms with Crippen molar-refractivity contribution in [2.45, 2.75) is 0 Å². The van der Waals surface area contributed by atoms with E-state index in [0.29, 0.717) is 11.1 Å². The normalized spacial score (nSPS) is 11.9. The van der Waals surface area contributed by atoms with Gasteiger partial charge in [0.1, 0.15) is 12.1 Å². The third kappa shape index (κ3) is 1.29. The summed E-state index contributed by atoms with van der Waals surface area (Å²) in [4.78, 5) is 17.6. The van der Waals surface area contributed by atoms with Crippen molar-refractivity contribution in [1.82, 2.24) is 9.97 Å². The van der Waals surface area contributed by atoms with Gasteiger partial charge in [0, 0.05) is 6.07 Å². The molecule has 0 aliphatic carbocycles. The highest BCUT2D eigenvalue weighted by molar-refractivity contribution is 7.62. The quantitative estimate of drug-likeness (QED) is 0.681. The Hall–Kier alpha value is -1.41. The monoisotopic (exact) mass is 195 g/mol. The van der Waals surface area contributed by atoms with Gasteiger partial charge in [0.05, 0.1) is 12.6 Å². The first-order valence-electron chi connectivity index (χ1n) is 3.70. The average Bonchev–Trinajstić information content (AvgIpc) is 2.49. The first-order valence-corrected chi connectivity index (χ1v) is 5.67. The number of aromatic amines is 1. The van der Waals surface area contributed by atoms with E-state index in [1.54, 1.807) is 6.07 Å². The van der Waals surface area contributed by atoms with Gasteiger partial charge in [-0.05, 0) is 0 Å². The van der Waals surface area contributed by atoms with Crippen LogP contribution < -0.4 is 11.1 Å². The summed E-state index contributed by atoms with van der Waals surface area (Å²) >= 11 is 0. The fourth-order valence-electron chi connectivity index (χ4n) is 1.04. The molecule has 1 atom stereocenters. The van der Waals surface area contributed by atoms with Crippen molar-refractivity contribution >= 4 is 30.4 Å². The molecular weight excluding hydrogens is 187 g/mol. The number of rotatable bonds is 1. The standard InChI is InChI=1S/C8H7N2O2P/c1-13(2)6-3-5-7(11)9-4-10-8(5)12-6/h3-4H,1H2,2H3/p+1. The van der Waals surface area contributed by atoms with E-state index >= 15 is 0 Å². The highest BCUT2D eigenvalue weighted by Crippen LogP contribution is 2.17. The molecule has 0 radical (unpaired) electrons. The minimum Gasteiger partial charge on any atom is -0.402 e. The van der Waals surface area contributed by atoms with Crippen molar-refractivity contribution in [3.8, 4) is 0 Å². The summed E-state index contributed by atoms with van der Waals surface area (Å²) in [5.41, 5.74) is 0.961. The molecule has 66 valence electrons. The number of hydrogen-bond donors (Lipinski definition) is 1. The van der Waals surface area contributed by atoms with Crippen LogP contribution in [0.2, 0.25) is 0 Å². The van der Waals surface area contributed by atoms with E-state index in [4.69, 9.17) is 4.42 Å². The van der Waals surface area contributed by atoms with Crippen molar-refractivity contribution in [1.29, 1.82) is 0 Å². The van der Waals surface area contributed by atoms with Gasteiger partial charge in [-0.1, -0.05) is 0 Å². The maximum Gasteiger partial charge on any atom is 0.304 e. The number of aromatic nitrogens is 2. The van der Waals surface area contributed by atoms with Crippen LogP contribution in [0.1, 0.15) is 0 Å². The number of H-pyrrole nitrogens is 1. The minimum absolute atomic E-state index is 0.170. The Morgan fingerprint density at radius 2 is 2.46 bits per heavy atom. The SMILES string of the molecule is C=[P+](C)c1cc2c(=O)[nH]cnc2o1. The average molecular weight is 195 g/mol. The van der Waals surface area contributed by atoms with Gasteiger partial charge in [0.15, 0.2) is 7.55 Å². The third-order valence-corrected chi connectivity index (χ3v) is 2.67. The lowest BCUT2D eigenvalue weighted by molar-refractivity contribution is 0.639. The molecule has 0 aromatic carbocycles. The van der Waals surface area contributed by atoms with Crippen molar-refractivity contribution in [2.24, 2.45) is 0 Å². The Morgan fingerprint density at radius 3 is 3.08 bits per heavy atom. The largest absolute Gasteiger partial charge is 0.402 e. The van der Waals surface area contributed by atoms with Gasteiger partial charge in [-0.2, -0.15) is 0 Å². The summed E-state index contributed by atoms with van der Waals surface area (Å²) < 4.78 is 5.35. The predicted molar refractivity (Wildman–Crippen MR) is 54.2 cm³/mol. The van der Waals surface area contributed by atoms with Crippen LogP contribution in [0.3, 0.4) is 0 Å². The summed E-state index contributed by atoms with van der Waals surface area (Å²) in [6, 6.07) is 1.71. The fourth-order valence-corrected chi connectivity index (χ4v) is 1.63. The fraction of sp³-hybridized carbons (Fsp3) is 0.125. The van der Waals surface area contributed by atoms with Gasteiger partial charge in [0.25, 0.3) is 5.56 Å². The highest BCUT2D eigenvalue weighted by atomic mass is 31.1. The second kappa shape index (κ2) is 2.82. The highest BCUT2D eigenvalue weighted by Gasteiger charge is 2.14. The molecule has 0 bridgehead atoms. The smallest absolute Gasteiger partial charge is 0.304 e. The van der Waals surface area contributed by atoms with Crippen LogP contribution in [0.5, 0.6) is 0 Å². The van der Waals surface area contributed by atoms with Crippen LogP contribution in [0.25, 0.3) is 11.1 Å². The Balaban J connectivity index is 2.83. The first kappa shape index (κ1) is 8.20. The van der Waals surface area contributed by atoms with Gasteiger partial charge in [-0.15, -0.1) is 0 Å². The van der Waals surface area contributed by atoms with Gasteiger partial charge >= 0.3 is 5.50 Å². The second-order valence-electron chi connectivity index (χ2n) is 2.73. The molecule has 0 spiro atoms. The van der Waals surface area contributed by atoms with Crippen LogP contribution in [0, 0.1) is 0 Å². The number of nitrogens with one attached hydrogen (secondary N) is 1. The lowest BCUT2D eigenvalue weighted by Gasteiger charge is -1.81. The van der Waals surface area contributed by atoms with Gasteiger partial charge in [-0.25, -0.2) is 4.98 Å². The van der Waals surface area contributed by atoms with Crippen molar-refractivity contribution in [2.75, 3.05) is 6.66 Å². The van der Waals surface area contributed by atoms with E-state index < -0.39 is 7.55 Å². The summed E-state index contributed by atoms with van der Waals surface area (Å²) in [6.07, 6.45) is 5.20. The molecule has 2 aromatic rings. The van der Waals surface area contributed by atoms with Gasteiger partial charge in [0.2, 0.25) is 5.71 Å². The molecule has 0 fully saturated rings. The molecule has 0 saturated carbocycles. The molecule has 0 aliphatic heterocycles. The maximum atomic E-state index is 11.2. The van der Waals surface area contributed by atoms with Crippen LogP contribution >= 0.6 is 7.55 Å². The Labute approximate surface area is 75.0 Å². The molecule has 2 heterocycles. The van der Waals surface area contributed by atoms with Crippen LogP contribution in [0.4, 0.5) is 0 Å². The summed E-state index contributed by atoms with van der Waals surface area (Å²) in [5, 5.41) is 0.496. The molecule has 1 N–H and O–H groups in total. The predicted octanol–water partition coefficient (Wildman–Crippen LogP) is 0.685. The zero-order chi connectivity index (χ0) is 9.42. The zero-order valence-electron chi connectivity index (χ0n) is 7.07. The van der Waals surface area contributed by atoms with Crippen molar-refractivity contribution in [3.05, 3.63) is 22.7 Å². The maximum absolute atomic E-state index is 11.2. The number of fused-ring (bicyclic) bond motifs is 1. The molecule has 0 aliphatic rings. The van der Waals surface area contributed by atoms with E-state index in [1.165, 1.54) is 6.33 Å². The van der Waals surface area contributed by atoms with Crippen LogP contribution in [-0.4, -0.2) is 22.9 Å². The summed E-state index contributed by atoms with van der Waals surface area (Å²) in [7, 11) is -0.564. The first-order chi connectivity index (χ1) is 6.18. The lowest BCUT2D eigenvalue weighted by Crippen LogP contribution is -2.04. The molecular formula is C8H8N2O2P+. The van der Waals surface area contributed by atoms with Gasteiger partial charge < -0.3 is 9.40 Å². The Morgan fingerprint density at radius 1 is 1.69 bits per heavy atom. The molecule has 0 saturated heterocycles. The number of hydrogen-bond acceptors (Lipinski definition) is 3. The molecule has 2 rings (SSSR count). The molecule has 2 aromatic heterocycles. The van der Waals surface area contributed by atoms with E-state index in [0.717, 1.165) is 5.50 Å². The summed E-state index contributed by atoms with van der Waals surface area (Å²) in [5.74, 6) is 0. The third-order valence-electron chi connectivity index (χ3n) is 1.70. The van der Waals surface area contributed by atoms with Crippen molar-refractivity contribution < 1.29 is 4.42 Å². The summed E-state index contributed by atoms with van der Waals surface area (Å²) in [6.45, 7) is 1.96. The molecule has 0 amide bonds. The molecule has 4 nitrogen and oxygen atoms in total. The Bertz CT molecular complexity index is 526. The molecule has 5 heteroatoms. The van der Waals surface area contributed by atoms with Crippen LogP contribution in [-0.2, 0) is 0 Å². The second-order valence-corrected chi connectivity index (χ2v) is 4.57. The molecule has 1 unspecified atom stereocenters. The zero-order valence-corrected chi connectivity index (χ0v) is 7.97. The van der Waals surface area contributed by atoms with Gasteiger partial charge in [-0.3, -0.25) is 4.79 Å². The van der Waals surface area contributed by atoms with Crippen molar-refractivity contribution in [3.63, 3.8) is 0 Å². The van der Waals surface area contributed by atoms with E-state index in [1.807, 2.05) is 6.66 Å².